The second-order valence-corrected chi connectivity index (χ2v) is 4.85. The molecule has 1 atom stereocenters. The lowest BCUT2D eigenvalue weighted by Gasteiger charge is -2.13. The summed E-state index contributed by atoms with van der Waals surface area (Å²) in [7, 11) is 1.84. The van der Waals surface area contributed by atoms with Crippen molar-refractivity contribution >= 4 is 11.7 Å². The lowest BCUT2D eigenvalue weighted by molar-refractivity contribution is 0.0937. The van der Waals surface area contributed by atoms with E-state index in [1.165, 1.54) is 0 Å². The van der Waals surface area contributed by atoms with Gasteiger partial charge in [0.25, 0.3) is 5.91 Å². The first-order chi connectivity index (χ1) is 10.1. The molecule has 7 nitrogen and oxygen atoms in total. The maximum atomic E-state index is 12.3. The molecule has 0 aliphatic rings. The number of pyridine rings is 1. The molecular weight excluding hydrogens is 268 g/mol. The van der Waals surface area contributed by atoms with E-state index in [2.05, 4.69) is 32.7 Å². The van der Waals surface area contributed by atoms with Gasteiger partial charge < -0.3 is 15.2 Å². The van der Waals surface area contributed by atoms with E-state index in [-0.39, 0.29) is 11.9 Å². The van der Waals surface area contributed by atoms with Crippen LogP contribution in [0.5, 0.6) is 0 Å². The zero-order valence-electron chi connectivity index (χ0n) is 12.5. The molecule has 0 spiro atoms. The van der Waals surface area contributed by atoms with Crippen LogP contribution < -0.4 is 10.6 Å². The predicted octanol–water partition coefficient (Wildman–Crippen LogP) is 1.52. The second-order valence-electron chi connectivity index (χ2n) is 4.85. The molecule has 2 N–H and O–H groups in total. The van der Waals surface area contributed by atoms with Crippen LogP contribution in [0.1, 0.15) is 42.5 Å². The first-order valence-corrected chi connectivity index (χ1v) is 6.96. The molecule has 0 aliphatic carbocycles. The maximum Gasteiger partial charge on any atom is 0.252 e. The van der Waals surface area contributed by atoms with Crippen LogP contribution >= 0.6 is 0 Å². The van der Waals surface area contributed by atoms with Gasteiger partial charge >= 0.3 is 0 Å². The highest BCUT2D eigenvalue weighted by atomic mass is 16.1. The Labute approximate surface area is 123 Å². The molecule has 0 saturated heterocycles. The van der Waals surface area contributed by atoms with E-state index in [1.807, 2.05) is 14.0 Å². The third-order valence-corrected chi connectivity index (χ3v) is 3.06. The van der Waals surface area contributed by atoms with Crippen molar-refractivity contribution in [3.63, 3.8) is 0 Å². The minimum Gasteiger partial charge on any atom is -0.370 e. The summed E-state index contributed by atoms with van der Waals surface area (Å²) in [6.45, 7) is 4.78. The number of aryl methyl sites for hydroxylation is 1. The summed E-state index contributed by atoms with van der Waals surface area (Å²) in [5.74, 6) is 1.25. The van der Waals surface area contributed by atoms with Gasteiger partial charge in [0.2, 0.25) is 0 Å². The number of aromatic nitrogens is 4. The van der Waals surface area contributed by atoms with Crippen molar-refractivity contribution < 1.29 is 4.79 Å². The Bertz CT molecular complexity index is 609. The molecule has 112 valence electrons. The Hall–Kier alpha value is -2.44. The van der Waals surface area contributed by atoms with Crippen LogP contribution in [-0.4, -0.2) is 32.2 Å². The highest BCUT2D eigenvalue weighted by Gasteiger charge is 2.15. The molecular formula is C14H20N6O. The number of nitrogens with one attached hydrogen (secondary N) is 2. The molecule has 1 unspecified atom stereocenters. The molecule has 7 heteroatoms. The van der Waals surface area contributed by atoms with Crippen molar-refractivity contribution in [1.29, 1.82) is 0 Å². The quantitative estimate of drug-likeness (QED) is 0.842. The van der Waals surface area contributed by atoms with E-state index in [0.717, 1.165) is 13.0 Å². The third-order valence-electron chi connectivity index (χ3n) is 3.06. The summed E-state index contributed by atoms with van der Waals surface area (Å²) >= 11 is 0. The topological polar surface area (TPSA) is 84.7 Å². The molecule has 21 heavy (non-hydrogen) atoms. The average molecular weight is 288 g/mol. The van der Waals surface area contributed by atoms with Crippen LogP contribution in [-0.2, 0) is 7.05 Å². The molecule has 2 heterocycles. The molecule has 2 aromatic heterocycles. The lowest BCUT2D eigenvalue weighted by Crippen LogP contribution is -2.28. The van der Waals surface area contributed by atoms with Crippen molar-refractivity contribution in [3.05, 3.63) is 36.0 Å². The van der Waals surface area contributed by atoms with Crippen LogP contribution in [0.2, 0.25) is 0 Å². The number of carbonyl (C=O) groups is 1. The number of anilines is 1. The zero-order chi connectivity index (χ0) is 15.2. The summed E-state index contributed by atoms with van der Waals surface area (Å²) < 4.78 is 1.78. The van der Waals surface area contributed by atoms with Crippen LogP contribution in [0.3, 0.4) is 0 Å². The van der Waals surface area contributed by atoms with Gasteiger partial charge in [0.05, 0.1) is 6.04 Å². The van der Waals surface area contributed by atoms with Crippen LogP contribution in [0, 0.1) is 0 Å². The number of amides is 1. The Morgan fingerprint density at radius 1 is 1.48 bits per heavy atom. The molecule has 2 rings (SSSR count). The van der Waals surface area contributed by atoms with Crippen molar-refractivity contribution in [2.45, 2.75) is 26.3 Å². The second kappa shape index (κ2) is 6.83. The van der Waals surface area contributed by atoms with Crippen molar-refractivity contribution in [2.24, 2.45) is 7.05 Å². The highest BCUT2D eigenvalue weighted by molar-refractivity contribution is 5.94. The predicted molar refractivity (Wildman–Crippen MR) is 79.9 cm³/mol. The normalized spacial score (nSPS) is 12.0. The minimum atomic E-state index is -0.217. The number of hydrogen-bond acceptors (Lipinski definition) is 5. The van der Waals surface area contributed by atoms with Gasteiger partial charge in [-0.3, -0.25) is 4.79 Å². The fourth-order valence-corrected chi connectivity index (χ4v) is 1.95. The fraction of sp³-hybridized carbons (Fsp3) is 0.429. The minimum absolute atomic E-state index is 0.160. The van der Waals surface area contributed by atoms with Gasteiger partial charge in [-0.2, -0.15) is 0 Å². The Morgan fingerprint density at radius 3 is 2.95 bits per heavy atom. The zero-order valence-corrected chi connectivity index (χ0v) is 12.5. The van der Waals surface area contributed by atoms with Crippen molar-refractivity contribution in [3.8, 4) is 0 Å². The maximum absolute atomic E-state index is 12.3. The number of hydrogen-bond donors (Lipinski definition) is 2. The Kier molecular flexibility index (Phi) is 4.86. The van der Waals surface area contributed by atoms with Gasteiger partial charge in [0.15, 0.2) is 5.82 Å². The summed E-state index contributed by atoms with van der Waals surface area (Å²) in [4.78, 5) is 16.4. The first kappa shape index (κ1) is 15.0. The summed E-state index contributed by atoms with van der Waals surface area (Å²) in [5, 5.41) is 13.9. The molecule has 0 radical (unpaired) electrons. The van der Waals surface area contributed by atoms with Gasteiger partial charge in [-0.05, 0) is 25.5 Å². The fourth-order valence-electron chi connectivity index (χ4n) is 1.95. The number of carbonyl (C=O) groups excluding carboxylic acids is 1. The van der Waals surface area contributed by atoms with Crippen LogP contribution in [0.25, 0.3) is 0 Å². The third kappa shape index (κ3) is 3.77. The van der Waals surface area contributed by atoms with Gasteiger partial charge in [-0.15, -0.1) is 10.2 Å². The molecule has 0 aromatic carbocycles. The van der Waals surface area contributed by atoms with Crippen LogP contribution in [0.4, 0.5) is 5.82 Å². The van der Waals surface area contributed by atoms with Gasteiger partial charge in [0.1, 0.15) is 12.1 Å². The Morgan fingerprint density at radius 2 is 2.29 bits per heavy atom. The molecule has 0 bridgehead atoms. The van der Waals surface area contributed by atoms with E-state index in [0.29, 0.717) is 17.2 Å². The SMILES string of the molecule is CCCNc1cc(C(=O)NC(C)c2nncn2C)ccn1. The molecule has 0 saturated carbocycles. The summed E-state index contributed by atoms with van der Waals surface area (Å²) in [6, 6.07) is 3.22. The molecule has 0 aliphatic heterocycles. The van der Waals surface area contributed by atoms with Crippen molar-refractivity contribution in [1.82, 2.24) is 25.1 Å². The lowest BCUT2D eigenvalue weighted by atomic mass is 10.2. The van der Waals surface area contributed by atoms with Gasteiger partial charge in [-0.1, -0.05) is 6.92 Å². The number of rotatable bonds is 6. The Balaban J connectivity index is 2.04. The van der Waals surface area contributed by atoms with Gasteiger partial charge in [-0.25, -0.2) is 4.98 Å². The first-order valence-electron chi connectivity index (χ1n) is 6.96. The van der Waals surface area contributed by atoms with E-state index < -0.39 is 0 Å². The summed E-state index contributed by atoms with van der Waals surface area (Å²) in [6.07, 6.45) is 4.23. The number of nitrogens with zero attached hydrogens (tertiary/aromatic N) is 4. The highest BCUT2D eigenvalue weighted by Crippen LogP contribution is 2.11. The van der Waals surface area contributed by atoms with E-state index >= 15 is 0 Å². The molecule has 1 amide bonds. The summed E-state index contributed by atoms with van der Waals surface area (Å²) in [5.41, 5.74) is 0.567. The van der Waals surface area contributed by atoms with Gasteiger partial charge in [0, 0.05) is 25.4 Å². The van der Waals surface area contributed by atoms with E-state index in [9.17, 15) is 4.79 Å². The monoisotopic (exact) mass is 288 g/mol. The van der Waals surface area contributed by atoms with Crippen molar-refractivity contribution in [2.75, 3.05) is 11.9 Å². The molecule has 0 fully saturated rings. The standard InChI is InChI=1S/C14H20N6O/c1-4-6-15-12-8-11(5-7-16-12)14(21)18-10(2)13-19-17-9-20(13)3/h5,7-10H,4,6H2,1-3H3,(H,15,16)(H,18,21). The smallest absolute Gasteiger partial charge is 0.252 e. The van der Waals surface area contributed by atoms with E-state index in [4.69, 9.17) is 0 Å². The molecule has 2 aromatic rings. The largest absolute Gasteiger partial charge is 0.370 e. The van der Waals surface area contributed by atoms with Crippen LogP contribution in [0.15, 0.2) is 24.7 Å². The average Bonchev–Trinajstić information content (AvgIpc) is 2.91. The van der Waals surface area contributed by atoms with E-state index in [1.54, 1.807) is 29.2 Å².